The smallest absolute Gasteiger partial charge is 0.351 e. The summed E-state index contributed by atoms with van der Waals surface area (Å²) in [5, 5.41) is 0. The number of rotatable bonds is 4. The second-order valence-corrected chi connectivity index (χ2v) is 8.11. The summed E-state index contributed by atoms with van der Waals surface area (Å²) in [6, 6.07) is 5.77. The van der Waals surface area contributed by atoms with E-state index in [1.54, 1.807) is 31.0 Å². The van der Waals surface area contributed by atoms with Gasteiger partial charge in [-0.25, -0.2) is 23.4 Å². The number of fused-ring (bicyclic) bond motifs is 1. The molecule has 0 bridgehead atoms. The monoisotopic (exact) mass is 399 g/mol. The predicted molar refractivity (Wildman–Crippen MR) is 93.1 cm³/mol. The van der Waals surface area contributed by atoms with E-state index in [-0.39, 0.29) is 27.9 Å². The lowest BCUT2D eigenvalue weighted by Gasteiger charge is -2.27. The van der Waals surface area contributed by atoms with Crippen LogP contribution in [-0.2, 0) is 16.0 Å². The first-order chi connectivity index (χ1) is 12.5. The Morgan fingerprint density at radius 2 is 1.78 bits per heavy atom. The van der Waals surface area contributed by atoms with E-state index in [9.17, 15) is 21.6 Å². The Kier molecular flexibility index (Phi) is 4.58. The number of hydrogen-bond donors (Lipinski definition) is 1. The molecule has 11 heteroatoms. The molecule has 1 unspecified atom stereocenters. The van der Waals surface area contributed by atoms with Gasteiger partial charge < -0.3 is 9.88 Å². The number of benzene rings is 1. The quantitative estimate of drug-likeness (QED) is 0.725. The number of halogens is 3. The highest BCUT2D eigenvalue weighted by Gasteiger charge is 2.36. The van der Waals surface area contributed by atoms with Crippen LogP contribution in [-0.4, -0.2) is 41.7 Å². The van der Waals surface area contributed by atoms with Crippen LogP contribution in [0.3, 0.4) is 0 Å². The molecule has 144 valence electrons. The van der Waals surface area contributed by atoms with Crippen LogP contribution in [0.1, 0.15) is 24.4 Å². The highest BCUT2D eigenvalue weighted by atomic mass is 32.2. The maximum absolute atomic E-state index is 13.1. The van der Waals surface area contributed by atoms with Crippen molar-refractivity contribution in [1.29, 1.82) is 0 Å². The van der Waals surface area contributed by atoms with Gasteiger partial charge in [-0.2, -0.15) is 13.2 Å². The average molecular weight is 399 g/mol. The van der Waals surface area contributed by atoms with E-state index in [1.807, 2.05) is 0 Å². The molecule has 0 aliphatic rings. The van der Waals surface area contributed by atoms with Crippen LogP contribution in [0, 0.1) is 0 Å². The third kappa shape index (κ3) is 3.72. The summed E-state index contributed by atoms with van der Waals surface area (Å²) in [7, 11) is -1.74. The van der Waals surface area contributed by atoms with Crippen LogP contribution in [0.5, 0.6) is 0 Å². The Hall–Kier alpha value is -2.69. The van der Waals surface area contributed by atoms with Crippen LogP contribution in [0.25, 0.3) is 11.2 Å². The molecule has 2 aromatic heterocycles. The van der Waals surface area contributed by atoms with Crippen molar-refractivity contribution in [3.05, 3.63) is 42.0 Å². The van der Waals surface area contributed by atoms with E-state index in [0.29, 0.717) is 5.56 Å². The minimum atomic E-state index is -4.71. The molecule has 27 heavy (non-hydrogen) atoms. The van der Waals surface area contributed by atoms with Gasteiger partial charge in [0.05, 0.1) is 17.3 Å². The molecular weight excluding hydrogens is 383 g/mol. The molecular formula is C16H16F3N5O2S. The first kappa shape index (κ1) is 19.1. The van der Waals surface area contributed by atoms with Gasteiger partial charge in [-0.05, 0) is 24.6 Å². The Labute approximate surface area is 153 Å². The number of aromatic amines is 1. The van der Waals surface area contributed by atoms with Crippen LogP contribution in [0.2, 0.25) is 0 Å². The fourth-order valence-corrected chi connectivity index (χ4v) is 3.23. The molecule has 0 saturated heterocycles. The molecule has 7 nitrogen and oxygen atoms in total. The maximum atomic E-state index is 13.1. The first-order valence-corrected chi connectivity index (χ1v) is 9.69. The first-order valence-electron chi connectivity index (χ1n) is 7.79. The number of nitrogens with one attached hydrogen (secondary N) is 1. The van der Waals surface area contributed by atoms with Gasteiger partial charge in [0.25, 0.3) is 0 Å². The molecule has 0 spiro atoms. The largest absolute Gasteiger partial charge is 0.451 e. The molecule has 0 amide bonds. The molecule has 1 atom stereocenters. The van der Waals surface area contributed by atoms with E-state index in [1.165, 1.54) is 18.5 Å². The number of sulfone groups is 1. The van der Waals surface area contributed by atoms with E-state index in [2.05, 4.69) is 19.9 Å². The third-order valence-electron chi connectivity index (χ3n) is 4.23. The zero-order valence-electron chi connectivity index (χ0n) is 14.6. The van der Waals surface area contributed by atoms with Crippen LogP contribution < -0.4 is 4.90 Å². The van der Waals surface area contributed by atoms with Crippen molar-refractivity contribution < 1.29 is 21.6 Å². The fourth-order valence-electron chi connectivity index (χ4n) is 2.60. The standard InChI is InChI=1S/C16H16F3N5O2S/c1-9(10-4-6-11(7-5-10)27(3,25)26)24(2)14-12-13(21-8-20-12)22-15(23-14)16(17,18)19/h4-9H,1-3H3,(H,20,21,22,23). The van der Waals surface area contributed by atoms with Gasteiger partial charge in [0.15, 0.2) is 21.3 Å². The third-order valence-corrected chi connectivity index (χ3v) is 5.35. The van der Waals surface area contributed by atoms with E-state index >= 15 is 0 Å². The van der Waals surface area contributed by atoms with Crippen molar-refractivity contribution >= 4 is 26.8 Å². The van der Waals surface area contributed by atoms with Crippen LogP contribution in [0.15, 0.2) is 35.5 Å². The molecule has 0 aliphatic heterocycles. The highest BCUT2D eigenvalue weighted by Crippen LogP contribution is 2.33. The lowest BCUT2D eigenvalue weighted by atomic mass is 10.1. The SMILES string of the molecule is CC(c1ccc(S(C)(=O)=O)cc1)N(C)c1nc(C(F)(F)F)nc2nc[nH]c12. The topological polar surface area (TPSA) is 91.8 Å². The minimum absolute atomic E-state index is 0.0458. The molecule has 0 saturated carbocycles. The summed E-state index contributed by atoms with van der Waals surface area (Å²) in [6.45, 7) is 1.77. The Balaban J connectivity index is 2.02. The maximum Gasteiger partial charge on any atom is 0.451 e. The Morgan fingerprint density at radius 3 is 2.33 bits per heavy atom. The Morgan fingerprint density at radius 1 is 1.15 bits per heavy atom. The number of imidazole rings is 1. The summed E-state index contributed by atoms with van der Waals surface area (Å²) in [5.41, 5.74) is 0.911. The summed E-state index contributed by atoms with van der Waals surface area (Å²) in [6.07, 6.45) is -2.35. The normalized spacial score (nSPS) is 13.7. The van der Waals surface area contributed by atoms with Crippen molar-refractivity contribution in [2.45, 2.75) is 24.0 Å². The van der Waals surface area contributed by atoms with E-state index < -0.39 is 21.8 Å². The van der Waals surface area contributed by atoms with Crippen molar-refractivity contribution in [2.24, 2.45) is 0 Å². The van der Waals surface area contributed by atoms with Gasteiger partial charge in [-0.1, -0.05) is 12.1 Å². The van der Waals surface area contributed by atoms with Crippen molar-refractivity contribution in [3.8, 4) is 0 Å². The number of alkyl halides is 3. The molecule has 1 aromatic carbocycles. The molecule has 0 aliphatic carbocycles. The second kappa shape index (κ2) is 6.48. The Bertz CT molecular complexity index is 1080. The zero-order valence-corrected chi connectivity index (χ0v) is 15.4. The van der Waals surface area contributed by atoms with Crippen molar-refractivity contribution in [1.82, 2.24) is 19.9 Å². The molecule has 3 rings (SSSR count). The minimum Gasteiger partial charge on any atom is -0.351 e. The van der Waals surface area contributed by atoms with Gasteiger partial charge >= 0.3 is 6.18 Å². The van der Waals surface area contributed by atoms with Crippen molar-refractivity contribution in [2.75, 3.05) is 18.2 Å². The predicted octanol–water partition coefficient (Wildman–Crippen LogP) is 2.97. The summed E-state index contributed by atoms with van der Waals surface area (Å²) in [5.74, 6) is -1.23. The van der Waals surface area contributed by atoms with Crippen molar-refractivity contribution in [3.63, 3.8) is 0 Å². The van der Waals surface area contributed by atoms with Crippen LogP contribution in [0.4, 0.5) is 19.0 Å². The number of aromatic nitrogens is 4. The number of H-pyrrole nitrogens is 1. The molecule has 0 fully saturated rings. The molecule has 3 aromatic rings. The lowest BCUT2D eigenvalue weighted by molar-refractivity contribution is -0.144. The molecule has 0 radical (unpaired) electrons. The van der Waals surface area contributed by atoms with Gasteiger partial charge in [0.2, 0.25) is 5.82 Å². The number of hydrogen-bond acceptors (Lipinski definition) is 6. The zero-order chi connectivity index (χ0) is 20.0. The highest BCUT2D eigenvalue weighted by molar-refractivity contribution is 7.90. The van der Waals surface area contributed by atoms with Gasteiger partial charge in [-0.15, -0.1) is 0 Å². The summed E-state index contributed by atoms with van der Waals surface area (Å²) >= 11 is 0. The van der Waals surface area contributed by atoms with E-state index in [0.717, 1.165) is 6.26 Å². The second-order valence-electron chi connectivity index (χ2n) is 6.10. The van der Waals surface area contributed by atoms with E-state index in [4.69, 9.17) is 0 Å². The lowest BCUT2D eigenvalue weighted by Crippen LogP contribution is -2.25. The van der Waals surface area contributed by atoms with Crippen LogP contribution >= 0.6 is 0 Å². The van der Waals surface area contributed by atoms with Gasteiger partial charge in [-0.3, -0.25) is 0 Å². The number of anilines is 1. The average Bonchev–Trinajstić information content (AvgIpc) is 3.07. The molecule has 2 heterocycles. The summed E-state index contributed by atoms with van der Waals surface area (Å²) in [4.78, 5) is 15.4. The molecule has 1 N–H and O–H groups in total. The fraction of sp³-hybridized carbons (Fsp3) is 0.312. The van der Waals surface area contributed by atoms with Gasteiger partial charge in [0.1, 0.15) is 5.52 Å². The summed E-state index contributed by atoms with van der Waals surface area (Å²) < 4.78 is 62.5. The van der Waals surface area contributed by atoms with Gasteiger partial charge in [0, 0.05) is 13.3 Å². The number of nitrogens with zero attached hydrogens (tertiary/aromatic N) is 4.